The van der Waals surface area contributed by atoms with Crippen molar-refractivity contribution in [1.82, 2.24) is 10.6 Å². The van der Waals surface area contributed by atoms with Crippen LogP contribution in [-0.4, -0.2) is 24.5 Å². The van der Waals surface area contributed by atoms with Gasteiger partial charge in [0.2, 0.25) is 5.91 Å². The lowest BCUT2D eigenvalue weighted by Gasteiger charge is -2.43. The zero-order valence-electron chi connectivity index (χ0n) is 14.6. The first-order valence-corrected chi connectivity index (χ1v) is 10.2. The van der Waals surface area contributed by atoms with E-state index in [4.69, 9.17) is 0 Å². The van der Waals surface area contributed by atoms with Crippen molar-refractivity contribution in [3.05, 3.63) is 34.3 Å². The highest BCUT2D eigenvalue weighted by Crippen LogP contribution is 2.44. The summed E-state index contributed by atoms with van der Waals surface area (Å²) < 4.78 is 1.13. The second-order valence-electron chi connectivity index (χ2n) is 8.10. The molecule has 2 heterocycles. The molecule has 2 saturated heterocycles. The van der Waals surface area contributed by atoms with Gasteiger partial charge in [-0.3, -0.25) is 4.79 Å². The number of carbonyl (C=O) groups is 1. The molecule has 4 rings (SSSR count). The Hall–Kier alpha value is -0.580. The number of nitrogens with one attached hydrogen (secondary N) is 2. The van der Waals surface area contributed by atoms with Crippen molar-refractivity contribution in [2.24, 2.45) is 5.92 Å². The summed E-state index contributed by atoms with van der Waals surface area (Å²) in [5.74, 6) is 0.828. The lowest BCUT2D eigenvalue weighted by molar-refractivity contribution is -0.122. The fourth-order valence-corrected chi connectivity index (χ4v) is 5.33. The Kier molecular flexibility index (Phi) is 6.12. The van der Waals surface area contributed by atoms with Gasteiger partial charge in [-0.15, -0.1) is 12.4 Å². The van der Waals surface area contributed by atoms with Crippen LogP contribution in [0.1, 0.15) is 56.9 Å². The Morgan fingerprint density at radius 1 is 1.24 bits per heavy atom. The van der Waals surface area contributed by atoms with Gasteiger partial charge in [0, 0.05) is 34.9 Å². The number of amides is 1. The summed E-state index contributed by atoms with van der Waals surface area (Å²) in [6.45, 7) is 0.792. The summed E-state index contributed by atoms with van der Waals surface area (Å²) in [5, 5.41) is 6.92. The average Bonchev–Trinajstić information content (AvgIpc) is 2.85. The molecule has 3 aliphatic rings. The number of piperidine rings is 1. The summed E-state index contributed by atoms with van der Waals surface area (Å²) in [6, 6.07) is 9.94. The third kappa shape index (κ3) is 4.23. The Balaban J connectivity index is 0.00000182. The molecule has 1 saturated carbocycles. The van der Waals surface area contributed by atoms with E-state index >= 15 is 0 Å². The molecule has 1 amide bonds. The van der Waals surface area contributed by atoms with E-state index in [1.807, 2.05) is 0 Å². The molecule has 2 aliphatic heterocycles. The molecule has 2 atom stereocenters. The van der Waals surface area contributed by atoms with E-state index < -0.39 is 0 Å². The van der Waals surface area contributed by atoms with Crippen LogP contribution in [0.25, 0.3) is 0 Å². The Morgan fingerprint density at radius 3 is 2.56 bits per heavy atom. The quantitative estimate of drug-likeness (QED) is 0.734. The van der Waals surface area contributed by atoms with E-state index in [9.17, 15) is 4.79 Å². The molecule has 2 N–H and O–H groups in total. The number of benzene rings is 1. The third-order valence-electron chi connectivity index (χ3n) is 6.42. The summed E-state index contributed by atoms with van der Waals surface area (Å²) in [6.07, 6.45) is 9.30. The van der Waals surface area contributed by atoms with Crippen molar-refractivity contribution in [3.8, 4) is 0 Å². The SMILES string of the molecule is Cl.O=C(CC1CC2CCC(C1)N2)NCC1(c2cccc(Br)c2)CCC1. The highest BCUT2D eigenvalue weighted by atomic mass is 79.9. The standard InChI is InChI=1S/C20H27BrN2O.ClH/c21-16-4-1-3-15(12-16)20(7-2-8-20)13-22-19(24)11-14-9-17-5-6-18(10-14)23-17;/h1,3-4,12,14,17-18,23H,2,5-11,13H2,(H,22,24);1H. The molecule has 1 aromatic carbocycles. The van der Waals surface area contributed by atoms with Crippen LogP contribution >= 0.6 is 28.3 Å². The molecule has 138 valence electrons. The van der Waals surface area contributed by atoms with Crippen molar-refractivity contribution in [1.29, 1.82) is 0 Å². The van der Waals surface area contributed by atoms with E-state index in [1.54, 1.807) is 0 Å². The lowest BCUT2D eigenvalue weighted by Crippen LogP contribution is -2.46. The van der Waals surface area contributed by atoms with E-state index in [0.29, 0.717) is 24.4 Å². The maximum Gasteiger partial charge on any atom is 0.220 e. The monoisotopic (exact) mass is 426 g/mol. The predicted molar refractivity (Wildman–Crippen MR) is 107 cm³/mol. The van der Waals surface area contributed by atoms with Gasteiger partial charge in [0.1, 0.15) is 0 Å². The van der Waals surface area contributed by atoms with Gasteiger partial charge in [0.05, 0.1) is 0 Å². The lowest BCUT2D eigenvalue weighted by atomic mass is 9.64. The van der Waals surface area contributed by atoms with Crippen molar-refractivity contribution >= 4 is 34.2 Å². The highest BCUT2D eigenvalue weighted by molar-refractivity contribution is 9.10. The zero-order valence-corrected chi connectivity index (χ0v) is 17.0. The van der Waals surface area contributed by atoms with Gasteiger partial charge < -0.3 is 10.6 Å². The molecule has 2 bridgehead atoms. The van der Waals surface area contributed by atoms with Gasteiger partial charge in [0.15, 0.2) is 0 Å². The first-order chi connectivity index (χ1) is 11.6. The first kappa shape index (κ1) is 19.2. The van der Waals surface area contributed by atoms with Crippen molar-refractivity contribution in [3.63, 3.8) is 0 Å². The summed E-state index contributed by atoms with van der Waals surface area (Å²) in [4.78, 5) is 12.5. The Bertz CT molecular complexity index is 607. The van der Waals surface area contributed by atoms with E-state index in [1.165, 1.54) is 50.5 Å². The van der Waals surface area contributed by atoms with Gasteiger partial charge in [-0.2, -0.15) is 0 Å². The Labute approximate surface area is 165 Å². The van der Waals surface area contributed by atoms with Crippen LogP contribution in [-0.2, 0) is 10.2 Å². The van der Waals surface area contributed by atoms with Gasteiger partial charge in [0.25, 0.3) is 0 Å². The topological polar surface area (TPSA) is 41.1 Å². The molecule has 25 heavy (non-hydrogen) atoms. The summed E-state index contributed by atoms with van der Waals surface area (Å²) in [5.41, 5.74) is 1.52. The number of rotatable bonds is 5. The minimum absolute atomic E-state index is 0. The van der Waals surface area contributed by atoms with Crippen molar-refractivity contribution in [2.75, 3.05) is 6.54 Å². The molecule has 0 spiro atoms. The van der Waals surface area contributed by atoms with Crippen LogP contribution in [0, 0.1) is 5.92 Å². The molecule has 2 unspecified atom stereocenters. The number of halogens is 2. The number of fused-ring (bicyclic) bond motifs is 2. The molecule has 0 aromatic heterocycles. The molecule has 3 nitrogen and oxygen atoms in total. The third-order valence-corrected chi connectivity index (χ3v) is 6.91. The van der Waals surface area contributed by atoms with Crippen molar-refractivity contribution < 1.29 is 4.79 Å². The van der Waals surface area contributed by atoms with Crippen LogP contribution in [0.2, 0.25) is 0 Å². The van der Waals surface area contributed by atoms with Crippen LogP contribution < -0.4 is 10.6 Å². The highest BCUT2D eigenvalue weighted by Gasteiger charge is 2.39. The fraction of sp³-hybridized carbons (Fsp3) is 0.650. The van der Waals surface area contributed by atoms with Gasteiger partial charge in [-0.1, -0.05) is 34.5 Å². The number of carbonyl (C=O) groups excluding carboxylic acids is 1. The predicted octanol–water partition coefficient (Wildman–Crippen LogP) is 4.33. The number of hydrogen-bond acceptors (Lipinski definition) is 2. The summed E-state index contributed by atoms with van der Waals surface area (Å²) >= 11 is 3.58. The van der Waals surface area contributed by atoms with E-state index in [0.717, 1.165) is 11.0 Å². The molecule has 0 radical (unpaired) electrons. The molecular formula is C20H28BrClN2O. The smallest absolute Gasteiger partial charge is 0.220 e. The van der Waals surface area contributed by atoms with Crippen LogP contribution in [0.3, 0.4) is 0 Å². The number of hydrogen-bond donors (Lipinski definition) is 2. The molecule has 1 aliphatic carbocycles. The second-order valence-corrected chi connectivity index (χ2v) is 9.02. The minimum Gasteiger partial charge on any atom is -0.355 e. The second kappa shape index (κ2) is 7.98. The molecule has 5 heteroatoms. The van der Waals surface area contributed by atoms with Crippen LogP contribution in [0.15, 0.2) is 28.7 Å². The maximum atomic E-state index is 12.5. The van der Waals surface area contributed by atoms with Crippen LogP contribution in [0.4, 0.5) is 0 Å². The minimum atomic E-state index is 0. The Morgan fingerprint density at radius 2 is 1.96 bits per heavy atom. The molecular weight excluding hydrogens is 400 g/mol. The summed E-state index contributed by atoms with van der Waals surface area (Å²) in [7, 11) is 0. The molecule has 1 aromatic rings. The maximum absolute atomic E-state index is 12.5. The van der Waals surface area contributed by atoms with Gasteiger partial charge in [-0.05, 0) is 62.1 Å². The van der Waals surface area contributed by atoms with Gasteiger partial charge in [-0.25, -0.2) is 0 Å². The largest absolute Gasteiger partial charge is 0.355 e. The molecule has 3 fully saturated rings. The fourth-order valence-electron chi connectivity index (χ4n) is 4.93. The first-order valence-electron chi connectivity index (χ1n) is 9.42. The van der Waals surface area contributed by atoms with E-state index in [-0.39, 0.29) is 23.7 Å². The normalized spacial score (nSPS) is 29.4. The average molecular weight is 428 g/mol. The zero-order chi connectivity index (χ0) is 16.6. The van der Waals surface area contributed by atoms with Crippen molar-refractivity contribution in [2.45, 2.75) is 68.9 Å². The van der Waals surface area contributed by atoms with E-state index in [2.05, 4.69) is 50.8 Å². The van der Waals surface area contributed by atoms with Gasteiger partial charge >= 0.3 is 0 Å². The van der Waals surface area contributed by atoms with Crippen LogP contribution in [0.5, 0.6) is 0 Å².